The molecule has 1 amide bonds. The van der Waals surface area contributed by atoms with Gasteiger partial charge >= 0.3 is 0 Å². The Balaban J connectivity index is 2.00. The van der Waals surface area contributed by atoms with Crippen LogP contribution in [0.4, 0.5) is 5.69 Å². The molecule has 8 nitrogen and oxygen atoms in total. The van der Waals surface area contributed by atoms with E-state index >= 15 is 0 Å². The summed E-state index contributed by atoms with van der Waals surface area (Å²) in [6.07, 6.45) is 0.590. The number of nitrogens with zero attached hydrogens (tertiary/aromatic N) is 2. The Morgan fingerprint density at radius 1 is 1.46 bits per heavy atom. The average Bonchev–Trinajstić information content (AvgIpc) is 2.83. The van der Waals surface area contributed by atoms with Crippen molar-refractivity contribution in [1.82, 2.24) is 5.43 Å². The molecule has 1 saturated heterocycles. The topological polar surface area (TPSA) is 119 Å². The van der Waals surface area contributed by atoms with E-state index in [1.165, 1.54) is 6.07 Å². The molecule has 1 aliphatic rings. The number of benzene rings is 1. The lowest BCUT2D eigenvalue weighted by atomic mass is 10.1. The van der Waals surface area contributed by atoms with Crippen LogP contribution in [0.2, 0.25) is 0 Å². The zero-order valence-corrected chi connectivity index (χ0v) is 14.3. The van der Waals surface area contributed by atoms with Gasteiger partial charge in [-0.1, -0.05) is 12.1 Å². The van der Waals surface area contributed by atoms with E-state index < -0.39 is 14.8 Å². The van der Waals surface area contributed by atoms with Gasteiger partial charge in [-0.25, -0.2) is 13.8 Å². The van der Waals surface area contributed by atoms with Gasteiger partial charge in [-0.3, -0.25) is 14.9 Å². The minimum Gasteiger partial charge on any atom is -0.273 e. The van der Waals surface area contributed by atoms with Gasteiger partial charge in [0.15, 0.2) is 9.84 Å². The summed E-state index contributed by atoms with van der Waals surface area (Å²) >= 11 is 0. The fourth-order valence-corrected chi connectivity index (χ4v) is 4.44. The molecule has 1 heterocycles. The first-order valence-electron chi connectivity index (χ1n) is 7.47. The molecule has 0 spiro atoms. The summed E-state index contributed by atoms with van der Waals surface area (Å²) in [5.74, 6) is -0.378. The van der Waals surface area contributed by atoms with E-state index in [1.807, 2.05) is 0 Å². The number of nitro benzene ring substituents is 1. The van der Waals surface area contributed by atoms with Crippen molar-refractivity contribution < 1.29 is 18.1 Å². The van der Waals surface area contributed by atoms with Crippen LogP contribution >= 0.6 is 0 Å². The highest BCUT2D eigenvalue weighted by atomic mass is 32.2. The van der Waals surface area contributed by atoms with Crippen LogP contribution in [0.3, 0.4) is 0 Å². The van der Waals surface area contributed by atoms with Crippen LogP contribution in [0.1, 0.15) is 30.9 Å². The van der Waals surface area contributed by atoms with Crippen LogP contribution in [0.25, 0.3) is 0 Å². The van der Waals surface area contributed by atoms with Crippen molar-refractivity contribution in [2.24, 2.45) is 11.0 Å². The molecule has 1 aromatic carbocycles. The fourth-order valence-electron chi connectivity index (χ4n) is 2.58. The van der Waals surface area contributed by atoms with Gasteiger partial charge in [0.2, 0.25) is 5.91 Å². The van der Waals surface area contributed by atoms with Crippen molar-refractivity contribution in [3.05, 3.63) is 39.4 Å². The Kier molecular flexibility index (Phi) is 5.33. The summed E-state index contributed by atoms with van der Waals surface area (Å²) in [5, 5.41) is 14.9. The van der Waals surface area contributed by atoms with Gasteiger partial charge in [0.1, 0.15) is 0 Å². The smallest absolute Gasteiger partial charge is 0.272 e. The van der Waals surface area contributed by atoms with E-state index in [0.29, 0.717) is 23.3 Å². The van der Waals surface area contributed by atoms with Gasteiger partial charge in [0.25, 0.3) is 5.69 Å². The summed E-state index contributed by atoms with van der Waals surface area (Å²) in [6, 6.07) is 4.72. The first-order chi connectivity index (χ1) is 11.2. The molecule has 0 saturated carbocycles. The maximum atomic E-state index is 11.9. The number of hydrogen-bond donors (Lipinski definition) is 1. The predicted molar refractivity (Wildman–Crippen MR) is 89.6 cm³/mol. The SMILES string of the molecule is C/C(=N/NC(=O)C[C@H]1CCS(=O)(=O)C1)c1ccc(C)c([N+](=O)[O-])c1. The molecule has 130 valence electrons. The molecular formula is C15H19N3O5S. The average molecular weight is 353 g/mol. The van der Waals surface area contributed by atoms with Crippen LogP contribution in [0.15, 0.2) is 23.3 Å². The highest BCUT2D eigenvalue weighted by Gasteiger charge is 2.29. The molecule has 1 N–H and O–H groups in total. The van der Waals surface area contributed by atoms with Crippen molar-refractivity contribution in [3.8, 4) is 0 Å². The normalized spacial score (nSPS) is 19.9. The van der Waals surface area contributed by atoms with Gasteiger partial charge in [-0.15, -0.1) is 0 Å². The number of hydrazone groups is 1. The molecule has 2 rings (SSSR count). The van der Waals surface area contributed by atoms with Crippen molar-refractivity contribution >= 4 is 27.1 Å². The monoisotopic (exact) mass is 353 g/mol. The molecule has 0 aliphatic carbocycles. The second-order valence-corrected chi connectivity index (χ2v) is 8.19. The predicted octanol–water partition coefficient (Wildman–Crippen LogP) is 1.57. The van der Waals surface area contributed by atoms with Crippen LogP contribution in [0.5, 0.6) is 0 Å². The minimum atomic E-state index is -3.01. The molecule has 1 aliphatic heterocycles. The van der Waals surface area contributed by atoms with E-state index in [-0.39, 0.29) is 35.4 Å². The molecule has 1 fully saturated rings. The molecule has 1 aromatic rings. The third kappa shape index (κ3) is 4.60. The maximum absolute atomic E-state index is 11.9. The zero-order valence-electron chi connectivity index (χ0n) is 13.5. The summed E-state index contributed by atoms with van der Waals surface area (Å²) in [7, 11) is -3.01. The summed E-state index contributed by atoms with van der Waals surface area (Å²) in [6.45, 7) is 3.28. The van der Waals surface area contributed by atoms with E-state index in [9.17, 15) is 23.3 Å². The molecule has 0 radical (unpaired) electrons. The summed E-state index contributed by atoms with van der Waals surface area (Å²) in [5.41, 5.74) is 3.89. The molecule has 0 aromatic heterocycles. The fraction of sp³-hybridized carbons (Fsp3) is 0.467. The Morgan fingerprint density at radius 2 is 2.17 bits per heavy atom. The minimum absolute atomic E-state index is 0.00969. The third-order valence-corrected chi connectivity index (χ3v) is 5.81. The quantitative estimate of drug-likeness (QED) is 0.489. The van der Waals surface area contributed by atoms with E-state index in [4.69, 9.17) is 0 Å². The number of sulfone groups is 1. The van der Waals surface area contributed by atoms with Crippen molar-refractivity contribution in [2.45, 2.75) is 26.7 Å². The molecule has 0 bridgehead atoms. The molecular weight excluding hydrogens is 334 g/mol. The largest absolute Gasteiger partial charge is 0.273 e. The number of amides is 1. The molecule has 24 heavy (non-hydrogen) atoms. The first kappa shape index (κ1) is 18.1. The van der Waals surface area contributed by atoms with E-state index in [0.717, 1.165) is 0 Å². The standard InChI is InChI=1S/C15H19N3O5S/c1-10-3-4-13(8-14(10)18(20)21)11(2)16-17-15(19)7-12-5-6-24(22,23)9-12/h3-4,8,12H,5-7,9H2,1-2H3,(H,17,19)/b16-11-/t12-/m1/s1. The van der Waals surface area contributed by atoms with Gasteiger partial charge in [0.05, 0.1) is 22.1 Å². The van der Waals surface area contributed by atoms with Gasteiger partial charge < -0.3 is 0 Å². The van der Waals surface area contributed by atoms with E-state index in [1.54, 1.807) is 26.0 Å². The van der Waals surface area contributed by atoms with Crippen LogP contribution in [-0.2, 0) is 14.6 Å². The number of rotatable bonds is 5. The first-order valence-corrected chi connectivity index (χ1v) is 9.29. The molecule has 0 unspecified atom stereocenters. The number of aryl methyl sites for hydroxylation is 1. The third-order valence-electron chi connectivity index (χ3n) is 3.97. The Bertz CT molecular complexity index is 801. The lowest BCUT2D eigenvalue weighted by Gasteiger charge is -2.07. The Hall–Kier alpha value is -2.29. The van der Waals surface area contributed by atoms with E-state index in [2.05, 4.69) is 10.5 Å². The highest BCUT2D eigenvalue weighted by molar-refractivity contribution is 7.91. The Labute approximate surface area is 140 Å². The van der Waals surface area contributed by atoms with Gasteiger partial charge in [0, 0.05) is 23.6 Å². The number of carbonyl (C=O) groups excluding carboxylic acids is 1. The second kappa shape index (κ2) is 7.08. The number of carbonyl (C=O) groups is 1. The lowest BCUT2D eigenvalue weighted by molar-refractivity contribution is -0.385. The summed E-state index contributed by atoms with van der Waals surface area (Å²) < 4.78 is 22.7. The zero-order chi connectivity index (χ0) is 17.9. The number of nitrogens with one attached hydrogen (secondary N) is 1. The maximum Gasteiger partial charge on any atom is 0.272 e. The number of nitro groups is 1. The molecule has 1 atom stereocenters. The van der Waals surface area contributed by atoms with Gasteiger partial charge in [-0.2, -0.15) is 5.10 Å². The highest BCUT2D eigenvalue weighted by Crippen LogP contribution is 2.21. The second-order valence-electron chi connectivity index (χ2n) is 5.96. The summed E-state index contributed by atoms with van der Waals surface area (Å²) in [4.78, 5) is 22.3. The molecule has 9 heteroatoms. The van der Waals surface area contributed by atoms with Gasteiger partial charge in [-0.05, 0) is 26.2 Å². The Morgan fingerprint density at radius 3 is 2.75 bits per heavy atom. The van der Waals surface area contributed by atoms with Crippen molar-refractivity contribution in [1.29, 1.82) is 0 Å². The van der Waals surface area contributed by atoms with Crippen molar-refractivity contribution in [2.75, 3.05) is 11.5 Å². The van der Waals surface area contributed by atoms with Crippen molar-refractivity contribution in [3.63, 3.8) is 0 Å². The van der Waals surface area contributed by atoms with Crippen LogP contribution < -0.4 is 5.43 Å². The van der Waals surface area contributed by atoms with Crippen LogP contribution in [-0.4, -0.2) is 36.5 Å². The lowest BCUT2D eigenvalue weighted by Crippen LogP contribution is -2.22. The number of hydrogen-bond acceptors (Lipinski definition) is 6. The van der Waals surface area contributed by atoms with Crippen LogP contribution in [0, 0.1) is 23.0 Å².